The second-order valence-corrected chi connectivity index (χ2v) is 4.82. The van der Waals surface area contributed by atoms with Gasteiger partial charge < -0.3 is 4.74 Å². The highest BCUT2D eigenvalue weighted by Crippen LogP contribution is 2.21. The minimum atomic E-state index is -0.325. The number of hydrogen-bond donors (Lipinski definition) is 1. The predicted octanol–water partition coefficient (Wildman–Crippen LogP) is 1.74. The summed E-state index contributed by atoms with van der Waals surface area (Å²) in [5.41, 5.74) is 1.26. The van der Waals surface area contributed by atoms with E-state index in [-0.39, 0.29) is 18.5 Å². The summed E-state index contributed by atoms with van der Waals surface area (Å²) in [7, 11) is 1.62. The molecule has 0 bridgehead atoms. The molecule has 0 aliphatic rings. The van der Waals surface area contributed by atoms with Gasteiger partial charge in [-0.3, -0.25) is 10.1 Å². The summed E-state index contributed by atoms with van der Waals surface area (Å²) in [6.07, 6.45) is 1.09. The van der Waals surface area contributed by atoms with Gasteiger partial charge in [-0.05, 0) is 35.2 Å². The van der Waals surface area contributed by atoms with E-state index in [1.807, 2.05) is 24.3 Å². The first-order chi connectivity index (χ1) is 10.1. The minimum absolute atomic E-state index is 0.0963. The smallest absolute Gasteiger partial charge is 0.270 e. The van der Waals surface area contributed by atoms with Crippen molar-refractivity contribution in [3.8, 4) is 5.75 Å². The molecule has 21 heavy (non-hydrogen) atoms. The fourth-order valence-corrected chi connectivity index (χ4v) is 1.77. The van der Waals surface area contributed by atoms with E-state index in [4.69, 9.17) is 4.74 Å². The lowest BCUT2D eigenvalue weighted by Crippen LogP contribution is -2.21. The number of nitrogens with zero attached hydrogens (tertiary/aromatic N) is 4. The van der Waals surface area contributed by atoms with Gasteiger partial charge in [0.25, 0.3) is 11.9 Å². The number of tetrazole rings is 1. The summed E-state index contributed by atoms with van der Waals surface area (Å²) in [5.74, 6) is 1.02. The standard InChI is InChI=1S/C14H19N5O2/c1-4-10(2)11-5-7-12(8-6-11)21-9-13(20)15-14-16-18-19(3)17-14/h5-8,10H,4,9H2,1-3H3,(H,15,17,20). The van der Waals surface area contributed by atoms with Crippen LogP contribution in [0.4, 0.5) is 5.95 Å². The predicted molar refractivity (Wildman–Crippen MR) is 78.1 cm³/mol. The van der Waals surface area contributed by atoms with E-state index in [0.29, 0.717) is 11.7 Å². The number of rotatable bonds is 6. The van der Waals surface area contributed by atoms with Crippen molar-refractivity contribution in [3.63, 3.8) is 0 Å². The second kappa shape index (κ2) is 6.83. The third-order valence-corrected chi connectivity index (χ3v) is 3.19. The molecule has 7 heteroatoms. The molecule has 7 nitrogen and oxygen atoms in total. The molecule has 112 valence electrons. The van der Waals surface area contributed by atoms with Crippen LogP contribution in [-0.2, 0) is 11.8 Å². The zero-order chi connectivity index (χ0) is 15.2. The molecule has 2 rings (SSSR count). The average molecular weight is 289 g/mol. The molecule has 1 aromatic carbocycles. The average Bonchev–Trinajstić information content (AvgIpc) is 2.90. The van der Waals surface area contributed by atoms with Crippen LogP contribution in [0.15, 0.2) is 24.3 Å². The van der Waals surface area contributed by atoms with Crippen LogP contribution < -0.4 is 10.1 Å². The summed E-state index contributed by atoms with van der Waals surface area (Å²) in [6, 6.07) is 7.78. The Balaban J connectivity index is 1.83. The van der Waals surface area contributed by atoms with Gasteiger partial charge in [0.15, 0.2) is 6.61 Å². The molecule has 0 aliphatic heterocycles. The number of benzene rings is 1. The Bertz CT molecular complexity index is 594. The van der Waals surface area contributed by atoms with E-state index in [1.165, 1.54) is 10.4 Å². The summed E-state index contributed by atoms with van der Waals surface area (Å²) >= 11 is 0. The number of amides is 1. The van der Waals surface area contributed by atoms with Crippen LogP contribution in [0.25, 0.3) is 0 Å². The van der Waals surface area contributed by atoms with Crippen LogP contribution in [0.3, 0.4) is 0 Å². The SMILES string of the molecule is CCC(C)c1ccc(OCC(=O)Nc2nnn(C)n2)cc1. The van der Waals surface area contributed by atoms with Crippen LogP contribution in [0.2, 0.25) is 0 Å². The third-order valence-electron chi connectivity index (χ3n) is 3.19. The molecule has 0 radical (unpaired) electrons. The number of anilines is 1. The Morgan fingerprint density at radius 1 is 1.38 bits per heavy atom. The molecule has 1 amide bonds. The number of ether oxygens (including phenoxy) is 1. The number of carbonyl (C=O) groups is 1. The summed E-state index contributed by atoms with van der Waals surface area (Å²) in [4.78, 5) is 12.9. The van der Waals surface area contributed by atoms with Crippen molar-refractivity contribution in [2.24, 2.45) is 7.05 Å². The van der Waals surface area contributed by atoms with Gasteiger partial charge in [-0.15, -0.1) is 5.10 Å². The molecule has 2 aromatic rings. The minimum Gasteiger partial charge on any atom is -0.484 e. The van der Waals surface area contributed by atoms with Crippen molar-refractivity contribution < 1.29 is 9.53 Å². The van der Waals surface area contributed by atoms with Crippen LogP contribution >= 0.6 is 0 Å². The zero-order valence-electron chi connectivity index (χ0n) is 12.4. The number of nitrogens with one attached hydrogen (secondary N) is 1. The highest BCUT2D eigenvalue weighted by Gasteiger charge is 2.08. The maximum absolute atomic E-state index is 11.7. The van der Waals surface area contributed by atoms with Gasteiger partial charge in [0, 0.05) is 0 Å². The maximum atomic E-state index is 11.7. The molecule has 1 unspecified atom stereocenters. The van der Waals surface area contributed by atoms with E-state index in [9.17, 15) is 4.79 Å². The van der Waals surface area contributed by atoms with E-state index in [1.54, 1.807) is 7.05 Å². The second-order valence-electron chi connectivity index (χ2n) is 4.82. The molecular weight excluding hydrogens is 270 g/mol. The van der Waals surface area contributed by atoms with E-state index < -0.39 is 0 Å². The molecule has 1 aromatic heterocycles. The number of carbonyl (C=O) groups excluding carboxylic acids is 1. The van der Waals surface area contributed by atoms with Gasteiger partial charge in [-0.1, -0.05) is 31.1 Å². The quantitative estimate of drug-likeness (QED) is 0.876. The Morgan fingerprint density at radius 3 is 2.67 bits per heavy atom. The van der Waals surface area contributed by atoms with Crippen molar-refractivity contribution in [3.05, 3.63) is 29.8 Å². The van der Waals surface area contributed by atoms with Gasteiger partial charge in [0.05, 0.1) is 7.05 Å². The fourth-order valence-electron chi connectivity index (χ4n) is 1.77. The van der Waals surface area contributed by atoms with Crippen LogP contribution in [0.1, 0.15) is 31.7 Å². The molecule has 0 spiro atoms. The normalized spacial score (nSPS) is 12.0. The largest absolute Gasteiger partial charge is 0.484 e. The molecule has 1 N–H and O–H groups in total. The van der Waals surface area contributed by atoms with E-state index in [2.05, 4.69) is 34.6 Å². The van der Waals surface area contributed by atoms with Gasteiger partial charge in [-0.25, -0.2) is 0 Å². The van der Waals surface area contributed by atoms with Gasteiger partial charge in [-0.2, -0.15) is 4.80 Å². The van der Waals surface area contributed by atoms with Crippen molar-refractivity contribution in [1.29, 1.82) is 0 Å². The first kappa shape index (κ1) is 15.0. The van der Waals surface area contributed by atoms with Crippen molar-refractivity contribution in [1.82, 2.24) is 20.2 Å². The lowest BCUT2D eigenvalue weighted by molar-refractivity contribution is -0.118. The Morgan fingerprint density at radius 2 is 2.10 bits per heavy atom. The summed E-state index contributed by atoms with van der Waals surface area (Å²) in [6.45, 7) is 4.23. The molecule has 0 saturated carbocycles. The molecular formula is C14H19N5O2. The third kappa shape index (κ3) is 4.27. The molecule has 0 saturated heterocycles. The first-order valence-electron chi connectivity index (χ1n) is 6.85. The summed E-state index contributed by atoms with van der Waals surface area (Å²) < 4.78 is 5.42. The van der Waals surface area contributed by atoms with Gasteiger partial charge in [0.1, 0.15) is 5.75 Å². The first-order valence-corrected chi connectivity index (χ1v) is 6.85. The zero-order valence-corrected chi connectivity index (χ0v) is 12.4. The Hall–Kier alpha value is -2.44. The maximum Gasteiger partial charge on any atom is 0.270 e. The Kier molecular flexibility index (Phi) is 4.86. The molecule has 1 heterocycles. The van der Waals surface area contributed by atoms with Gasteiger partial charge >= 0.3 is 0 Å². The number of aryl methyl sites for hydroxylation is 1. The lowest BCUT2D eigenvalue weighted by Gasteiger charge is -2.10. The Labute approximate surface area is 123 Å². The van der Waals surface area contributed by atoms with Crippen LogP contribution in [0.5, 0.6) is 5.75 Å². The van der Waals surface area contributed by atoms with Crippen LogP contribution in [0, 0.1) is 0 Å². The van der Waals surface area contributed by atoms with Crippen molar-refractivity contribution in [2.75, 3.05) is 11.9 Å². The van der Waals surface area contributed by atoms with Gasteiger partial charge in [0.2, 0.25) is 0 Å². The molecule has 0 aliphatic carbocycles. The number of hydrogen-bond acceptors (Lipinski definition) is 5. The monoisotopic (exact) mass is 289 g/mol. The van der Waals surface area contributed by atoms with E-state index in [0.717, 1.165) is 6.42 Å². The number of aromatic nitrogens is 4. The van der Waals surface area contributed by atoms with Crippen molar-refractivity contribution in [2.45, 2.75) is 26.2 Å². The highest BCUT2D eigenvalue weighted by atomic mass is 16.5. The fraction of sp³-hybridized carbons (Fsp3) is 0.429. The topological polar surface area (TPSA) is 81.9 Å². The molecule has 0 fully saturated rings. The van der Waals surface area contributed by atoms with Crippen molar-refractivity contribution >= 4 is 11.9 Å². The molecule has 1 atom stereocenters. The van der Waals surface area contributed by atoms with E-state index >= 15 is 0 Å². The highest BCUT2D eigenvalue weighted by molar-refractivity contribution is 5.90. The summed E-state index contributed by atoms with van der Waals surface area (Å²) in [5, 5.41) is 13.6. The lowest BCUT2D eigenvalue weighted by atomic mass is 9.99. The van der Waals surface area contributed by atoms with Crippen LogP contribution in [-0.4, -0.2) is 32.7 Å².